The van der Waals surface area contributed by atoms with Gasteiger partial charge in [-0.25, -0.2) is 9.97 Å². The molecule has 3 N–H and O–H groups in total. The minimum absolute atomic E-state index is 0.535. The molecule has 1 heterocycles. The van der Waals surface area contributed by atoms with Crippen LogP contribution in [0.15, 0.2) is 36.7 Å². The van der Waals surface area contributed by atoms with E-state index in [1.165, 1.54) is 25.7 Å². The van der Waals surface area contributed by atoms with Gasteiger partial charge in [0.15, 0.2) is 0 Å². The SMILES string of the molecule is Nc1ccccc1-c1cnc(NC2CCCC2)nc1. The lowest BCUT2D eigenvalue weighted by atomic mass is 10.1. The summed E-state index contributed by atoms with van der Waals surface area (Å²) in [5.74, 6) is 0.713. The highest BCUT2D eigenvalue weighted by Gasteiger charge is 2.15. The molecule has 0 amide bonds. The van der Waals surface area contributed by atoms with Crippen molar-refractivity contribution in [3.8, 4) is 11.1 Å². The fourth-order valence-electron chi connectivity index (χ4n) is 2.55. The predicted octanol–water partition coefficient (Wildman–Crippen LogP) is 3.08. The van der Waals surface area contributed by atoms with Crippen molar-refractivity contribution in [2.75, 3.05) is 11.1 Å². The van der Waals surface area contributed by atoms with Gasteiger partial charge < -0.3 is 11.1 Å². The van der Waals surface area contributed by atoms with E-state index in [4.69, 9.17) is 5.73 Å². The number of para-hydroxylation sites is 1. The van der Waals surface area contributed by atoms with Gasteiger partial charge in [0, 0.05) is 35.2 Å². The summed E-state index contributed by atoms with van der Waals surface area (Å²) in [5, 5.41) is 3.38. The molecule has 0 unspecified atom stereocenters. The Morgan fingerprint density at radius 2 is 1.74 bits per heavy atom. The van der Waals surface area contributed by atoms with Crippen molar-refractivity contribution in [1.29, 1.82) is 0 Å². The number of rotatable bonds is 3. The van der Waals surface area contributed by atoms with Gasteiger partial charge in [-0.2, -0.15) is 0 Å². The number of hydrogen-bond acceptors (Lipinski definition) is 4. The molecule has 1 fully saturated rings. The first-order valence-corrected chi connectivity index (χ1v) is 6.76. The van der Waals surface area contributed by atoms with Gasteiger partial charge in [-0.1, -0.05) is 31.0 Å². The van der Waals surface area contributed by atoms with Gasteiger partial charge in [0.1, 0.15) is 0 Å². The summed E-state index contributed by atoms with van der Waals surface area (Å²) < 4.78 is 0. The minimum atomic E-state index is 0.535. The lowest BCUT2D eigenvalue weighted by molar-refractivity contribution is 0.744. The van der Waals surface area contributed by atoms with E-state index >= 15 is 0 Å². The van der Waals surface area contributed by atoms with E-state index in [-0.39, 0.29) is 0 Å². The van der Waals surface area contributed by atoms with Crippen LogP contribution in [0.2, 0.25) is 0 Å². The second-order valence-electron chi connectivity index (χ2n) is 5.01. The molecule has 0 atom stereocenters. The predicted molar refractivity (Wildman–Crippen MR) is 77.8 cm³/mol. The van der Waals surface area contributed by atoms with Crippen LogP contribution in [0.5, 0.6) is 0 Å². The molecule has 3 rings (SSSR count). The van der Waals surface area contributed by atoms with Crippen LogP contribution in [0.25, 0.3) is 11.1 Å². The molecule has 1 aromatic heterocycles. The lowest BCUT2D eigenvalue weighted by Gasteiger charge is -2.12. The summed E-state index contributed by atoms with van der Waals surface area (Å²) in [7, 11) is 0. The third-order valence-electron chi connectivity index (χ3n) is 3.61. The quantitative estimate of drug-likeness (QED) is 0.826. The van der Waals surface area contributed by atoms with Crippen molar-refractivity contribution < 1.29 is 0 Å². The minimum Gasteiger partial charge on any atom is -0.398 e. The molecular weight excluding hydrogens is 236 g/mol. The molecule has 0 bridgehead atoms. The average molecular weight is 254 g/mol. The number of nitrogens with one attached hydrogen (secondary N) is 1. The van der Waals surface area contributed by atoms with Crippen LogP contribution in [-0.4, -0.2) is 16.0 Å². The van der Waals surface area contributed by atoms with Crippen molar-refractivity contribution in [1.82, 2.24) is 9.97 Å². The van der Waals surface area contributed by atoms with Crippen molar-refractivity contribution in [2.45, 2.75) is 31.7 Å². The molecule has 0 saturated heterocycles. The third-order valence-corrected chi connectivity index (χ3v) is 3.61. The number of nitrogens with two attached hydrogens (primary N) is 1. The second kappa shape index (κ2) is 5.26. The fourth-order valence-corrected chi connectivity index (χ4v) is 2.55. The van der Waals surface area contributed by atoms with Crippen molar-refractivity contribution >= 4 is 11.6 Å². The maximum Gasteiger partial charge on any atom is 0.222 e. The van der Waals surface area contributed by atoms with Crippen LogP contribution in [0.3, 0.4) is 0 Å². The Balaban J connectivity index is 1.77. The lowest BCUT2D eigenvalue weighted by Crippen LogP contribution is -2.16. The van der Waals surface area contributed by atoms with Crippen LogP contribution in [0, 0.1) is 0 Å². The van der Waals surface area contributed by atoms with Crippen molar-refractivity contribution in [2.24, 2.45) is 0 Å². The van der Waals surface area contributed by atoms with Crippen LogP contribution in [-0.2, 0) is 0 Å². The number of hydrogen-bond donors (Lipinski definition) is 2. The first-order valence-electron chi connectivity index (χ1n) is 6.76. The van der Waals surface area contributed by atoms with Crippen LogP contribution < -0.4 is 11.1 Å². The maximum absolute atomic E-state index is 5.95. The number of aromatic nitrogens is 2. The second-order valence-corrected chi connectivity index (χ2v) is 5.01. The molecule has 0 radical (unpaired) electrons. The summed E-state index contributed by atoms with van der Waals surface area (Å²) in [6.07, 6.45) is 8.70. The maximum atomic E-state index is 5.95. The standard InChI is InChI=1S/C15H18N4/c16-14-8-4-3-7-13(14)11-9-17-15(18-10-11)19-12-5-1-2-6-12/h3-4,7-10,12H,1-2,5-6,16H2,(H,17,18,19). The Bertz CT molecular complexity index is 544. The van der Waals surface area contributed by atoms with Gasteiger partial charge in [-0.3, -0.25) is 0 Å². The molecule has 98 valence electrons. The van der Waals surface area contributed by atoms with Gasteiger partial charge in [-0.05, 0) is 18.9 Å². The van der Waals surface area contributed by atoms with Gasteiger partial charge >= 0.3 is 0 Å². The zero-order valence-corrected chi connectivity index (χ0v) is 10.8. The van der Waals surface area contributed by atoms with E-state index in [1.807, 2.05) is 36.7 Å². The van der Waals surface area contributed by atoms with Crippen LogP contribution in [0.4, 0.5) is 11.6 Å². The zero-order chi connectivity index (χ0) is 13.1. The first-order chi connectivity index (χ1) is 9.33. The highest BCUT2D eigenvalue weighted by atomic mass is 15.1. The average Bonchev–Trinajstić information content (AvgIpc) is 2.93. The Morgan fingerprint density at radius 1 is 1.05 bits per heavy atom. The van der Waals surface area contributed by atoms with Gasteiger partial charge in [0.2, 0.25) is 5.95 Å². The summed E-state index contributed by atoms with van der Waals surface area (Å²) in [6.45, 7) is 0. The van der Waals surface area contributed by atoms with Gasteiger partial charge in [0.05, 0.1) is 0 Å². The fraction of sp³-hybridized carbons (Fsp3) is 0.333. The largest absolute Gasteiger partial charge is 0.398 e. The van der Waals surface area contributed by atoms with Gasteiger partial charge in [0.25, 0.3) is 0 Å². The topological polar surface area (TPSA) is 63.8 Å². The Labute approximate surface area is 113 Å². The molecule has 1 aromatic carbocycles. The molecule has 1 aliphatic rings. The van der Waals surface area contributed by atoms with E-state index in [9.17, 15) is 0 Å². The molecule has 4 heteroatoms. The van der Waals surface area contributed by atoms with E-state index in [1.54, 1.807) is 0 Å². The van der Waals surface area contributed by atoms with E-state index in [0.29, 0.717) is 12.0 Å². The molecule has 4 nitrogen and oxygen atoms in total. The van der Waals surface area contributed by atoms with E-state index in [0.717, 1.165) is 16.8 Å². The summed E-state index contributed by atoms with van der Waals surface area (Å²) in [4.78, 5) is 8.76. The van der Waals surface area contributed by atoms with E-state index < -0.39 is 0 Å². The first kappa shape index (κ1) is 12.0. The normalized spacial score (nSPS) is 15.6. The highest BCUT2D eigenvalue weighted by molar-refractivity contribution is 5.75. The van der Waals surface area contributed by atoms with Crippen molar-refractivity contribution in [3.63, 3.8) is 0 Å². The molecule has 0 spiro atoms. The van der Waals surface area contributed by atoms with Gasteiger partial charge in [-0.15, -0.1) is 0 Å². The summed E-state index contributed by atoms with van der Waals surface area (Å²) >= 11 is 0. The Hall–Kier alpha value is -2.10. The number of anilines is 2. The Morgan fingerprint density at radius 3 is 2.42 bits per heavy atom. The Kier molecular flexibility index (Phi) is 3.31. The smallest absolute Gasteiger partial charge is 0.222 e. The van der Waals surface area contributed by atoms with Crippen molar-refractivity contribution in [3.05, 3.63) is 36.7 Å². The molecule has 1 saturated carbocycles. The molecule has 1 aliphatic carbocycles. The number of benzene rings is 1. The summed E-state index contributed by atoms with van der Waals surface area (Å²) in [5.41, 5.74) is 8.64. The van der Waals surface area contributed by atoms with E-state index in [2.05, 4.69) is 15.3 Å². The number of nitrogens with zero attached hydrogens (tertiary/aromatic N) is 2. The zero-order valence-electron chi connectivity index (χ0n) is 10.8. The molecule has 19 heavy (non-hydrogen) atoms. The molecule has 2 aromatic rings. The monoisotopic (exact) mass is 254 g/mol. The third kappa shape index (κ3) is 2.67. The highest BCUT2D eigenvalue weighted by Crippen LogP contribution is 2.25. The molecule has 0 aliphatic heterocycles. The summed E-state index contributed by atoms with van der Waals surface area (Å²) in [6, 6.07) is 8.30. The van der Waals surface area contributed by atoms with Crippen LogP contribution in [0.1, 0.15) is 25.7 Å². The number of nitrogen functional groups attached to an aromatic ring is 1. The van der Waals surface area contributed by atoms with Crippen LogP contribution >= 0.6 is 0 Å². The molecular formula is C15H18N4.